The highest BCUT2D eigenvalue weighted by atomic mass is 79.9. The van der Waals surface area contributed by atoms with E-state index in [-0.39, 0.29) is 10.2 Å². The zero-order chi connectivity index (χ0) is 9.30. The number of hydrogen-bond acceptors (Lipinski definition) is 3. The second kappa shape index (κ2) is 3.06. The Balaban J connectivity index is 3.37. The zero-order valence-corrected chi connectivity index (χ0v) is 7.21. The van der Waals surface area contributed by atoms with Crippen LogP contribution in [0.1, 0.15) is 0 Å². The van der Waals surface area contributed by atoms with Crippen LogP contribution >= 0.6 is 15.9 Å². The van der Waals surface area contributed by atoms with E-state index in [0.29, 0.717) is 0 Å². The molecule has 0 bridgehead atoms. The highest BCUT2D eigenvalue weighted by molar-refractivity contribution is 9.10. The van der Waals surface area contributed by atoms with Gasteiger partial charge >= 0.3 is 5.69 Å². The van der Waals surface area contributed by atoms with Gasteiger partial charge in [0.1, 0.15) is 5.75 Å². The molecule has 0 fully saturated rings. The largest absolute Gasteiger partial charge is 0.508 e. The summed E-state index contributed by atoms with van der Waals surface area (Å²) in [5.74, 6) is -1.34. The molecule has 0 saturated carbocycles. The molecular formula is C6H3BrFNO3. The number of aromatic hydroxyl groups is 1. The van der Waals surface area contributed by atoms with Crippen molar-refractivity contribution in [1.82, 2.24) is 0 Å². The Morgan fingerprint density at radius 3 is 2.67 bits per heavy atom. The molecule has 1 rings (SSSR count). The Bertz CT molecular complexity index is 342. The summed E-state index contributed by atoms with van der Waals surface area (Å²) in [4.78, 5) is 9.26. The average molecular weight is 236 g/mol. The highest BCUT2D eigenvalue weighted by Crippen LogP contribution is 2.29. The summed E-state index contributed by atoms with van der Waals surface area (Å²) in [6.45, 7) is 0. The van der Waals surface area contributed by atoms with Gasteiger partial charge in [-0.2, -0.15) is 4.39 Å². The Labute approximate surface area is 74.9 Å². The zero-order valence-electron chi connectivity index (χ0n) is 5.62. The van der Waals surface area contributed by atoms with Crippen LogP contribution in [0.5, 0.6) is 5.75 Å². The van der Waals surface area contributed by atoms with Crippen molar-refractivity contribution in [2.45, 2.75) is 0 Å². The van der Waals surface area contributed by atoms with Gasteiger partial charge in [-0.3, -0.25) is 10.1 Å². The van der Waals surface area contributed by atoms with Crippen molar-refractivity contribution in [3.63, 3.8) is 0 Å². The van der Waals surface area contributed by atoms with Gasteiger partial charge in [0.25, 0.3) is 0 Å². The van der Waals surface area contributed by atoms with E-state index in [4.69, 9.17) is 5.11 Å². The van der Waals surface area contributed by atoms with Gasteiger partial charge in [-0.15, -0.1) is 0 Å². The van der Waals surface area contributed by atoms with Gasteiger partial charge in [0, 0.05) is 0 Å². The first-order valence-corrected chi connectivity index (χ1v) is 3.64. The molecule has 0 aromatic heterocycles. The fraction of sp³-hybridized carbons (Fsp3) is 0. The fourth-order valence-electron chi connectivity index (χ4n) is 0.694. The van der Waals surface area contributed by atoms with Crippen molar-refractivity contribution in [3.05, 3.63) is 32.5 Å². The molecule has 0 saturated heterocycles. The van der Waals surface area contributed by atoms with Crippen LogP contribution in [-0.2, 0) is 0 Å². The molecule has 0 unspecified atom stereocenters. The molecule has 12 heavy (non-hydrogen) atoms. The molecule has 0 heterocycles. The third kappa shape index (κ3) is 1.53. The predicted octanol–water partition coefficient (Wildman–Crippen LogP) is 2.20. The lowest BCUT2D eigenvalue weighted by atomic mass is 10.3. The molecule has 0 spiro atoms. The smallest absolute Gasteiger partial charge is 0.309 e. The summed E-state index contributed by atoms with van der Waals surface area (Å²) >= 11 is 2.73. The van der Waals surface area contributed by atoms with Crippen LogP contribution in [0.3, 0.4) is 0 Å². The maximum Gasteiger partial charge on any atom is 0.309 e. The van der Waals surface area contributed by atoms with Crippen molar-refractivity contribution < 1.29 is 14.4 Å². The quantitative estimate of drug-likeness (QED) is 0.600. The first-order chi connectivity index (χ1) is 5.52. The minimum absolute atomic E-state index is 0.130. The number of nitro groups is 1. The van der Waals surface area contributed by atoms with Gasteiger partial charge in [0.15, 0.2) is 0 Å². The number of rotatable bonds is 1. The van der Waals surface area contributed by atoms with Crippen LogP contribution in [0, 0.1) is 15.9 Å². The lowest BCUT2D eigenvalue weighted by Gasteiger charge is -1.97. The third-order valence-corrected chi connectivity index (χ3v) is 1.77. The summed E-state index contributed by atoms with van der Waals surface area (Å²) < 4.78 is 12.7. The van der Waals surface area contributed by atoms with Gasteiger partial charge in [-0.05, 0) is 22.0 Å². The van der Waals surface area contributed by atoms with E-state index >= 15 is 0 Å². The number of nitrogens with zero attached hydrogens (tertiary/aromatic N) is 1. The van der Waals surface area contributed by atoms with E-state index in [2.05, 4.69) is 15.9 Å². The van der Waals surface area contributed by atoms with Gasteiger partial charge in [-0.25, -0.2) is 0 Å². The topological polar surface area (TPSA) is 63.4 Å². The van der Waals surface area contributed by atoms with Crippen LogP contribution < -0.4 is 0 Å². The van der Waals surface area contributed by atoms with Crippen LogP contribution in [-0.4, -0.2) is 10.0 Å². The molecule has 1 aromatic rings. The maximum absolute atomic E-state index is 12.8. The normalized spacial score (nSPS) is 9.83. The van der Waals surface area contributed by atoms with Crippen LogP contribution in [0.15, 0.2) is 16.6 Å². The lowest BCUT2D eigenvalue weighted by molar-refractivity contribution is -0.387. The maximum atomic E-state index is 12.8. The van der Waals surface area contributed by atoms with E-state index < -0.39 is 16.4 Å². The van der Waals surface area contributed by atoms with E-state index in [1.165, 1.54) is 0 Å². The first kappa shape index (κ1) is 8.92. The summed E-state index contributed by atoms with van der Waals surface area (Å²) in [6.07, 6.45) is 0. The first-order valence-electron chi connectivity index (χ1n) is 2.85. The monoisotopic (exact) mass is 235 g/mol. The van der Waals surface area contributed by atoms with Gasteiger partial charge < -0.3 is 5.11 Å². The molecule has 1 N–H and O–H groups in total. The van der Waals surface area contributed by atoms with Crippen molar-refractivity contribution in [2.75, 3.05) is 0 Å². The number of hydrogen-bond donors (Lipinski definition) is 1. The SMILES string of the molecule is O=[N+]([O-])c1cc(O)cc(Br)c1F. The van der Waals surface area contributed by atoms with E-state index in [9.17, 15) is 14.5 Å². The Morgan fingerprint density at radius 2 is 2.17 bits per heavy atom. The third-order valence-electron chi connectivity index (χ3n) is 1.19. The molecule has 0 radical (unpaired) electrons. The van der Waals surface area contributed by atoms with E-state index in [1.807, 2.05) is 0 Å². The fourth-order valence-corrected chi connectivity index (χ4v) is 1.13. The standard InChI is InChI=1S/C6H3BrFNO3/c7-4-1-3(10)2-5(6(4)8)9(11)12/h1-2,10H. The molecule has 1 aromatic carbocycles. The molecule has 0 aliphatic rings. The molecule has 0 atom stereocenters. The number of halogens is 2. The number of phenolic OH excluding ortho intramolecular Hbond substituents is 1. The number of phenols is 1. The molecule has 6 heteroatoms. The summed E-state index contributed by atoms with van der Waals surface area (Å²) in [5, 5.41) is 19.0. The minimum atomic E-state index is -0.988. The molecular weight excluding hydrogens is 233 g/mol. The Hall–Kier alpha value is -1.17. The van der Waals surface area contributed by atoms with Crippen LogP contribution in [0.2, 0.25) is 0 Å². The van der Waals surface area contributed by atoms with Gasteiger partial charge in [0.2, 0.25) is 5.82 Å². The molecule has 0 aliphatic carbocycles. The summed E-state index contributed by atoms with van der Waals surface area (Å²) in [5.41, 5.74) is -0.748. The Morgan fingerprint density at radius 1 is 1.58 bits per heavy atom. The number of nitro benzene ring substituents is 1. The molecule has 0 aliphatic heterocycles. The highest BCUT2D eigenvalue weighted by Gasteiger charge is 2.18. The van der Waals surface area contributed by atoms with Gasteiger partial charge in [0.05, 0.1) is 15.5 Å². The van der Waals surface area contributed by atoms with Crippen LogP contribution in [0.25, 0.3) is 0 Å². The van der Waals surface area contributed by atoms with Crippen molar-refractivity contribution >= 4 is 21.6 Å². The van der Waals surface area contributed by atoms with Crippen molar-refractivity contribution in [3.8, 4) is 5.75 Å². The number of benzene rings is 1. The minimum Gasteiger partial charge on any atom is -0.508 e. The van der Waals surface area contributed by atoms with Crippen molar-refractivity contribution in [2.24, 2.45) is 0 Å². The molecule has 64 valence electrons. The van der Waals surface area contributed by atoms with E-state index in [0.717, 1.165) is 12.1 Å². The predicted molar refractivity (Wildman–Crippen MR) is 42.4 cm³/mol. The second-order valence-electron chi connectivity index (χ2n) is 2.02. The van der Waals surface area contributed by atoms with Crippen LogP contribution in [0.4, 0.5) is 10.1 Å². The second-order valence-corrected chi connectivity index (χ2v) is 2.87. The van der Waals surface area contributed by atoms with Crippen molar-refractivity contribution in [1.29, 1.82) is 0 Å². The summed E-state index contributed by atoms with van der Waals surface area (Å²) in [6, 6.07) is 1.79. The lowest BCUT2D eigenvalue weighted by Crippen LogP contribution is -1.92. The summed E-state index contributed by atoms with van der Waals surface area (Å²) in [7, 11) is 0. The molecule has 4 nitrogen and oxygen atoms in total. The van der Waals surface area contributed by atoms with Gasteiger partial charge in [-0.1, -0.05) is 0 Å². The van der Waals surface area contributed by atoms with E-state index in [1.54, 1.807) is 0 Å². The Kier molecular flexibility index (Phi) is 2.27. The average Bonchev–Trinajstić information content (AvgIpc) is 1.96. The molecule has 0 amide bonds.